The summed E-state index contributed by atoms with van der Waals surface area (Å²) in [6, 6.07) is -0.941. The van der Waals surface area contributed by atoms with E-state index in [2.05, 4.69) is 47.7 Å². The van der Waals surface area contributed by atoms with E-state index in [-0.39, 0.29) is 18.9 Å². The number of carbonyl (C=O) groups excluding carboxylic acids is 1. The van der Waals surface area contributed by atoms with Gasteiger partial charge in [-0.1, -0.05) is 172 Å². The van der Waals surface area contributed by atoms with E-state index in [1.54, 1.807) is 6.08 Å². The summed E-state index contributed by atoms with van der Waals surface area (Å²) >= 11 is 0. The Labute approximate surface area is 352 Å². The Morgan fingerprint density at radius 2 is 1.21 bits per heavy atom. The Balaban J connectivity index is 2.43. The van der Waals surface area contributed by atoms with E-state index < -0.39 is 59.9 Å². The molecule has 13 heteroatoms. The first-order chi connectivity index (χ1) is 28.0. The van der Waals surface area contributed by atoms with Crippen LogP contribution >= 0.6 is 0 Å². The van der Waals surface area contributed by atoms with Gasteiger partial charge in [-0.05, 0) is 44.9 Å². The normalized spacial score (nSPS) is 21.4. The molecule has 1 aliphatic heterocycles. The summed E-state index contributed by atoms with van der Waals surface area (Å²) in [5, 5.41) is 44.6. The van der Waals surface area contributed by atoms with Crippen LogP contribution in [0.25, 0.3) is 0 Å². The quantitative estimate of drug-likeness (QED) is 0.0198. The van der Waals surface area contributed by atoms with Crippen molar-refractivity contribution in [3.8, 4) is 0 Å². The number of aliphatic hydroxyl groups excluding tert-OH is 4. The number of nitrogens with one attached hydrogen (secondary N) is 1. The third kappa shape index (κ3) is 28.7. The molecule has 340 valence electrons. The molecule has 0 bridgehead atoms. The zero-order valence-electron chi connectivity index (χ0n) is 36.1. The zero-order valence-corrected chi connectivity index (χ0v) is 36.9. The molecule has 0 aromatic carbocycles. The van der Waals surface area contributed by atoms with Crippen molar-refractivity contribution in [2.75, 3.05) is 13.2 Å². The molecule has 0 spiro atoms. The van der Waals surface area contributed by atoms with Crippen LogP contribution in [0.15, 0.2) is 36.5 Å². The smallest absolute Gasteiger partial charge is 0.394 e. The third-order valence-corrected chi connectivity index (χ3v) is 11.1. The Hall–Kier alpha value is -1.68. The molecule has 1 saturated heterocycles. The summed E-state index contributed by atoms with van der Waals surface area (Å²) in [5.41, 5.74) is 0. The van der Waals surface area contributed by atoms with Crippen molar-refractivity contribution in [1.29, 1.82) is 0 Å². The summed E-state index contributed by atoms with van der Waals surface area (Å²) in [7, 11) is -5.08. The van der Waals surface area contributed by atoms with Gasteiger partial charge in [-0.2, -0.15) is 8.42 Å². The van der Waals surface area contributed by atoms with Crippen LogP contribution in [0.3, 0.4) is 0 Å². The van der Waals surface area contributed by atoms with Crippen molar-refractivity contribution in [3.05, 3.63) is 36.5 Å². The van der Waals surface area contributed by atoms with E-state index >= 15 is 0 Å². The Morgan fingerprint density at radius 3 is 1.72 bits per heavy atom. The third-order valence-electron chi connectivity index (χ3n) is 10.7. The fourth-order valence-corrected chi connectivity index (χ4v) is 7.65. The highest BCUT2D eigenvalue weighted by Gasteiger charge is 2.48. The van der Waals surface area contributed by atoms with E-state index in [0.717, 1.165) is 51.4 Å². The van der Waals surface area contributed by atoms with Crippen LogP contribution in [0.5, 0.6) is 0 Å². The molecule has 1 fully saturated rings. The van der Waals surface area contributed by atoms with Crippen molar-refractivity contribution in [2.45, 2.75) is 230 Å². The molecule has 1 heterocycles. The number of amides is 1. The molecule has 0 radical (unpaired) electrons. The van der Waals surface area contributed by atoms with Crippen molar-refractivity contribution < 1.29 is 51.8 Å². The SMILES string of the molecule is CC/C=C\C/C=C\CCCCCCCCCCCCCCCCC(=O)NC(COC1OC(CO)C(O)C(OS(=O)(=O)O)C1O)C(O)/C=C/CCCCCCCCCC. The standard InChI is InChI=1S/C45H83NO11S/c1-3-5-7-9-11-13-15-16-17-18-19-20-21-22-23-24-25-27-29-31-33-35-41(49)46-38(39(48)34-32-30-28-26-14-12-10-8-6-4-2)37-55-45-43(51)44(57-58(52,53)54)42(50)40(36-47)56-45/h5,7,11,13,32,34,38-40,42-45,47-48,50-51H,3-4,6,8-10,12,14-31,33,35-37H2,1-2H3,(H,46,49)(H,52,53,54)/b7-5-,13-11-,34-32+. The van der Waals surface area contributed by atoms with Gasteiger partial charge in [0.05, 0.1) is 25.4 Å². The van der Waals surface area contributed by atoms with Crippen molar-refractivity contribution in [3.63, 3.8) is 0 Å². The fraction of sp³-hybridized carbons (Fsp3) is 0.844. The summed E-state index contributed by atoms with van der Waals surface area (Å²) in [4.78, 5) is 13.0. The lowest BCUT2D eigenvalue weighted by Gasteiger charge is -2.41. The van der Waals surface area contributed by atoms with Gasteiger partial charge < -0.3 is 35.2 Å². The highest BCUT2D eigenvalue weighted by Crippen LogP contribution is 2.26. The van der Waals surface area contributed by atoms with Crippen molar-refractivity contribution in [1.82, 2.24) is 5.32 Å². The van der Waals surface area contributed by atoms with Gasteiger partial charge in [0, 0.05) is 6.42 Å². The molecule has 0 saturated carbocycles. The molecule has 0 aromatic rings. The van der Waals surface area contributed by atoms with Gasteiger partial charge in [0.2, 0.25) is 5.91 Å². The molecule has 1 amide bonds. The highest BCUT2D eigenvalue weighted by molar-refractivity contribution is 7.80. The number of carbonyl (C=O) groups is 1. The molecule has 1 rings (SSSR count). The Morgan fingerprint density at radius 1 is 0.707 bits per heavy atom. The first-order valence-corrected chi connectivity index (χ1v) is 24.2. The first-order valence-electron chi connectivity index (χ1n) is 22.9. The maximum Gasteiger partial charge on any atom is 0.397 e. The van der Waals surface area contributed by atoms with Crippen LogP contribution in [0.2, 0.25) is 0 Å². The number of hydrogen-bond donors (Lipinski definition) is 6. The molecule has 0 aliphatic carbocycles. The fourth-order valence-electron chi connectivity index (χ4n) is 7.14. The molecule has 7 unspecified atom stereocenters. The molecular weight excluding hydrogens is 763 g/mol. The Kier molecular flexibility index (Phi) is 33.7. The largest absolute Gasteiger partial charge is 0.397 e. The van der Waals surface area contributed by atoms with Gasteiger partial charge in [0.25, 0.3) is 0 Å². The predicted octanol–water partition coefficient (Wildman–Crippen LogP) is 8.72. The highest BCUT2D eigenvalue weighted by atomic mass is 32.3. The maximum absolute atomic E-state index is 13.0. The van der Waals surface area contributed by atoms with Gasteiger partial charge in [0.1, 0.15) is 24.4 Å². The first kappa shape index (κ1) is 54.3. The summed E-state index contributed by atoms with van der Waals surface area (Å²) in [5.74, 6) is -0.266. The number of hydrogen-bond acceptors (Lipinski definition) is 10. The van der Waals surface area contributed by atoms with Gasteiger partial charge in [-0.3, -0.25) is 9.35 Å². The second-order valence-corrected chi connectivity index (χ2v) is 17.0. The molecule has 0 aromatic heterocycles. The van der Waals surface area contributed by atoms with Crippen LogP contribution in [-0.4, -0.2) is 95.4 Å². The number of aliphatic hydroxyl groups is 4. The summed E-state index contributed by atoms with van der Waals surface area (Å²) < 4.78 is 47.5. The number of ether oxygens (including phenoxy) is 2. The van der Waals surface area contributed by atoms with E-state index in [9.17, 15) is 33.6 Å². The minimum Gasteiger partial charge on any atom is -0.394 e. The monoisotopic (exact) mass is 846 g/mol. The van der Waals surface area contributed by atoms with Gasteiger partial charge in [-0.25, -0.2) is 4.18 Å². The molecule has 7 atom stereocenters. The van der Waals surface area contributed by atoms with Crippen LogP contribution in [-0.2, 0) is 28.9 Å². The molecular formula is C45H83NO11S. The van der Waals surface area contributed by atoms with E-state index in [0.29, 0.717) is 6.42 Å². The van der Waals surface area contributed by atoms with Crippen LogP contribution < -0.4 is 5.32 Å². The zero-order chi connectivity index (χ0) is 42.7. The second kappa shape index (κ2) is 36.0. The van der Waals surface area contributed by atoms with E-state index in [4.69, 9.17) is 14.0 Å². The topological polar surface area (TPSA) is 192 Å². The number of allylic oxidation sites excluding steroid dienone is 5. The van der Waals surface area contributed by atoms with E-state index in [1.807, 2.05) is 6.08 Å². The average molecular weight is 846 g/mol. The van der Waals surface area contributed by atoms with E-state index in [1.165, 1.54) is 109 Å². The predicted molar refractivity (Wildman–Crippen MR) is 231 cm³/mol. The molecule has 12 nitrogen and oxygen atoms in total. The average Bonchev–Trinajstić information content (AvgIpc) is 3.19. The van der Waals surface area contributed by atoms with Gasteiger partial charge >= 0.3 is 10.4 Å². The number of rotatable bonds is 38. The Bertz CT molecular complexity index is 1180. The molecule has 1 aliphatic rings. The van der Waals surface area contributed by atoms with Crippen LogP contribution in [0.4, 0.5) is 0 Å². The van der Waals surface area contributed by atoms with Gasteiger partial charge in [0.15, 0.2) is 6.29 Å². The summed E-state index contributed by atoms with van der Waals surface area (Å²) in [6.07, 6.45) is 33.4. The lowest BCUT2D eigenvalue weighted by molar-refractivity contribution is -0.298. The van der Waals surface area contributed by atoms with Crippen molar-refractivity contribution >= 4 is 16.3 Å². The number of unbranched alkanes of at least 4 members (excludes halogenated alkanes) is 22. The minimum atomic E-state index is -5.08. The van der Waals surface area contributed by atoms with Gasteiger partial charge in [-0.15, -0.1) is 0 Å². The van der Waals surface area contributed by atoms with Crippen LogP contribution in [0.1, 0.15) is 187 Å². The van der Waals surface area contributed by atoms with Crippen LogP contribution in [0, 0.1) is 0 Å². The molecule has 6 N–H and O–H groups in total. The van der Waals surface area contributed by atoms with Crippen molar-refractivity contribution in [2.24, 2.45) is 0 Å². The minimum absolute atomic E-state index is 0.266. The lowest BCUT2D eigenvalue weighted by atomic mass is 9.99. The second-order valence-electron chi connectivity index (χ2n) is 16.0. The maximum atomic E-state index is 13.0. The summed E-state index contributed by atoms with van der Waals surface area (Å²) in [6.45, 7) is 3.25. The lowest BCUT2D eigenvalue weighted by Crippen LogP contribution is -2.61. The molecule has 58 heavy (non-hydrogen) atoms.